The molecule has 4 saturated carbocycles. The molecule has 0 amide bonds. The van der Waals surface area contributed by atoms with E-state index < -0.39 is 101 Å². The van der Waals surface area contributed by atoms with Crippen molar-refractivity contribution >= 4 is 29.7 Å². The van der Waals surface area contributed by atoms with Gasteiger partial charge in [0.1, 0.15) is 31.5 Å². The normalized spacial score (nSPS) is 43.0. The summed E-state index contributed by atoms with van der Waals surface area (Å²) in [5, 5.41) is 34.7. The zero-order valence-corrected chi connectivity index (χ0v) is 24.3. The Morgan fingerprint density at radius 2 is 1.46 bits per heavy atom. The van der Waals surface area contributed by atoms with Gasteiger partial charge in [0.2, 0.25) is 0 Å². The first-order valence-electron chi connectivity index (χ1n) is 14.3. The molecule has 4 aliphatic rings. The fourth-order valence-electron chi connectivity index (χ4n) is 9.24. The number of rotatable bonds is 7. The van der Waals surface area contributed by atoms with E-state index in [0.717, 1.165) is 0 Å². The minimum atomic E-state index is -1.72. The monoisotopic (exact) mass is 582 g/mol. The van der Waals surface area contributed by atoms with E-state index in [1.54, 1.807) is 6.92 Å². The van der Waals surface area contributed by atoms with E-state index in [1.807, 2.05) is 0 Å². The summed E-state index contributed by atoms with van der Waals surface area (Å²) in [6.07, 6.45) is -2.12. The van der Waals surface area contributed by atoms with Gasteiger partial charge < -0.3 is 34.3 Å². The van der Waals surface area contributed by atoms with Gasteiger partial charge in [0.05, 0.1) is 16.6 Å². The van der Waals surface area contributed by atoms with Crippen molar-refractivity contribution in [3.05, 3.63) is 0 Å². The topological polar surface area (TPSA) is 183 Å². The third-order valence-corrected chi connectivity index (χ3v) is 10.6. The lowest BCUT2D eigenvalue weighted by atomic mass is 9.40. The van der Waals surface area contributed by atoms with Crippen molar-refractivity contribution in [3.8, 4) is 0 Å². The molecule has 0 aliphatic heterocycles. The number of hydrogen-bond acceptors (Lipinski definition) is 12. The Morgan fingerprint density at radius 3 is 2.02 bits per heavy atom. The third-order valence-electron chi connectivity index (χ3n) is 10.6. The van der Waals surface area contributed by atoms with E-state index >= 15 is 0 Å². The highest BCUT2D eigenvalue weighted by Gasteiger charge is 2.77. The van der Waals surface area contributed by atoms with Gasteiger partial charge in [-0.25, -0.2) is 0 Å². The van der Waals surface area contributed by atoms with Gasteiger partial charge in [-0.15, -0.1) is 0 Å². The van der Waals surface area contributed by atoms with Crippen LogP contribution in [0.25, 0.3) is 0 Å². The lowest BCUT2D eigenvalue weighted by molar-refractivity contribution is -0.320. The van der Waals surface area contributed by atoms with Gasteiger partial charge in [-0.1, -0.05) is 6.92 Å². The molecule has 10 atom stereocenters. The first-order chi connectivity index (χ1) is 19.0. The van der Waals surface area contributed by atoms with Crippen LogP contribution in [0.5, 0.6) is 0 Å². The molecule has 4 aliphatic carbocycles. The number of carbonyl (C=O) groups is 5. The van der Waals surface area contributed by atoms with Crippen LogP contribution in [0.3, 0.4) is 0 Å². The standard InChI is InChI=1S/C29H42O12/c1-15(31)38-14-28-24(41-18(4)34)10-19(39-16(2)32)11-27(28,36)8-6-21-25(28)23(40-17(3)33)12-26(5)20(22(35)13-30)7-9-29(21,26)37/h19-21,23-25,30,36-37H,6-14H2,1-5H3/t19-,20+,21+,23+,24-,25+,26+,27-,28+,29+/m0/s1. The Hall–Kier alpha value is -2.57. The Bertz CT molecular complexity index is 1110. The molecule has 0 bridgehead atoms. The molecule has 4 rings (SSSR count). The number of aliphatic hydroxyl groups excluding tert-OH is 1. The summed E-state index contributed by atoms with van der Waals surface area (Å²) < 4.78 is 22.8. The second kappa shape index (κ2) is 10.9. The molecular weight excluding hydrogens is 540 g/mol. The fourth-order valence-corrected chi connectivity index (χ4v) is 9.24. The summed E-state index contributed by atoms with van der Waals surface area (Å²) >= 11 is 0. The third kappa shape index (κ3) is 4.95. The largest absolute Gasteiger partial charge is 0.465 e. The van der Waals surface area contributed by atoms with E-state index in [-0.39, 0.29) is 38.5 Å². The number of carbonyl (C=O) groups excluding carboxylic acids is 5. The van der Waals surface area contributed by atoms with Gasteiger partial charge in [0.25, 0.3) is 0 Å². The van der Waals surface area contributed by atoms with Gasteiger partial charge in [0, 0.05) is 57.8 Å². The minimum Gasteiger partial charge on any atom is -0.465 e. The summed E-state index contributed by atoms with van der Waals surface area (Å²) in [6.45, 7) is 5.55. The Labute approximate surface area is 239 Å². The molecule has 0 saturated heterocycles. The van der Waals surface area contributed by atoms with Crippen molar-refractivity contribution in [1.82, 2.24) is 0 Å². The van der Waals surface area contributed by atoms with Crippen LogP contribution < -0.4 is 0 Å². The Kier molecular flexibility index (Phi) is 8.36. The Balaban J connectivity index is 1.94. The number of fused-ring (bicyclic) bond motifs is 5. The molecule has 0 radical (unpaired) electrons. The predicted molar refractivity (Wildman–Crippen MR) is 139 cm³/mol. The fraction of sp³-hybridized carbons (Fsp3) is 0.828. The lowest BCUT2D eigenvalue weighted by Crippen LogP contribution is -2.76. The number of hydrogen-bond donors (Lipinski definition) is 3. The molecule has 0 aromatic rings. The number of aliphatic hydroxyl groups is 3. The molecule has 12 nitrogen and oxygen atoms in total. The van der Waals surface area contributed by atoms with Crippen LogP contribution in [-0.4, -0.2) is 87.7 Å². The van der Waals surface area contributed by atoms with Crippen LogP contribution in [0.1, 0.15) is 79.6 Å². The SMILES string of the molecule is CC(=O)OC[C@@]12[C@@H]3[C@@H](CC[C@]1(O)C[C@@H](OC(C)=O)C[C@@H]2OC(C)=O)[C@]1(O)CC[C@H](C(=O)CO)[C@@]1(C)C[C@H]3OC(C)=O. The maximum atomic E-state index is 12.9. The first kappa shape index (κ1) is 31.4. The molecule has 4 fully saturated rings. The molecular formula is C29H42O12. The zero-order valence-electron chi connectivity index (χ0n) is 24.3. The molecule has 0 unspecified atom stereocenters. The second-order valence-electron chi connectivity index (χ2n) is 12.7. The summed E-state index contributed by atoms with van der Waals surface area (Å²) in [6, 6.07) is 0. The van der Waals surface area contributed by atoms with Crippen molar-refractivity contribution in [2.75, 3.05) is 13.2 Å². The zero-order chi connectivity index (χ0) is 30.5. The van der Waals surface area contributed by atoms with E-state index in [0.29, 0.717) is 6.42 Å². The number of ketones is 1. The highest BCUT2D eigenvalue weighted by Crippen LogP contribution is 2.71. The van der Waals surface area contributed by atoms with E-state index in [1.165, 1.54) is 27.7 Å². The number of esters is 4. The van der Waals surface area contributed by atoms with Crippen LogP contribution in [0.15, 0.2) is 0 Å². The molecule has 0 heterocycles. The number of ether oxygens (including phenoxy) is 4. The maximum Gasteiger partial charge on any atom is 0.302 e. The van der Waals surface area contributed by atoms with Crippen molar-refractivity contribution in [3.63, 3.8) is 0 Å². The molecule has 0 aromatic carbocycles. The summed E-state index contributed by atoms with van der Waals surface area (Å²) in [5.41, 5.74) is -5.82. The van der Waals surface area contributed by atoms with E-state index in [9.17, 15) is 39.3 Å². The molecule has 12 heteroatoms. The molecule has 0 aromatic heterocycles. The summed E-state index contributed by atoms with van der Waals surface area (Å²) in [4.78, 5) is 61.9. The van der Waals surface area contributed by atoms with Crippen LogP contribution in [0, 0.1) is 28.6 Å². The van der Waals surface area contributed by atoms with Crippen LogP contribution in [-0.2, 0) is 42.9 Å². The van der Waals surface area contributed by atoms with Gasteiger partial charge in [-0.05, 0) is 38.0 Å². The van der Waals surface area contributed by atoms with E-state index in [4.69, 9.17) is 18.9 Å². The van der Waals surface area contributed by atoms with Crippen molar-refractivity contribution in [1.29, 1.82) is 0 Å². The van der Waals surface area contributed by atoms with Crippen LogP contribution in [0.4, 0.5) is 0 Å². The van der Waals surface area contributed by atoms with Gasteiger partial charge in [0.15, 0.2) is 5.78 Å². The second-order valence-corrected chi connectivity index (χ2v) is 12.7. The highest BCUT2D eigenvalue weighted by atomic mass is 16.6. The van der Waals surface area contributed by atoms with Crippen molar-refractivity contribution < 1.29 is 58.2 Å². The summed E-state index contributed by atoms with van der Waals surface area (Å²) in [7, 11) is 0. The summed E-state index contributed by atoms with van der Waals surface area (Å²) in [5.74, 6) is -5.16. The van der Waals surface area contributed by atoms with Gasteiger partial charge in [-0.2, -0.15) is 0 Å². The minimum absolute atomic E-state index is 0.0138. The maximum absolute atomic E-state index is 12.9. The van der Waals surface area contributed by atoms with Crippen molar-refractivity contribution in [2.45, 2.75) is 109 Å². The van der Waals surface area contributed by atoms with Crippen molar-refractivity contribution in [2.24, 2.45) is 28.6 Å². The Morgan fingerprint density at radius 1 is 0.829 bits per heavy atom. The lowest BCUT2D eigenvalue weighted by Gasteiger charge is -2.68. The van der Waals surface area contributed by atoms with Gasteiger partial charge in [-0.3, -0.25) is 24.0 Å². The van der Waals surface area contributed by atoms with Crippen LogP contribution >= 0.6 is 0 Å². The predicted octanol–water partition coefficient (Wildman–Crippen LogP) is 0.995. The molecule has 230 valence electrons. The quantitative estimate of drug-likeness (QED) is 0.286. The average Bonchev–Trinajstić information content (AvgIpc) is 3.11. The first-order valence-corrected chi connectivity index (χ1v) is 14.3. The smallest absolute Gasteiger partial charge is 0.302 e. The highest BCUT2D eigenvalue weighted by molar-refractivity contribution is 5.83. The number of Topliss-reactive ketones (excluding diaryl/α,β-unsaturated/α-hetero) is 1. The molecule has 0 spiro atoms. The van der Waals surface area contributed by atoms with Crippen LogP contribution in [0.2, 0.25) is 0 Å². The van der Waals surface area contributed by atoms with E-state index in [2.05, 4.69) is 0 Å². The van der Waals surface area contributed by atoms with Gasteiger partial charge >= 0.3 is 23.9 Å². The molecule has 3 N–H and O–H groups in total. The average molecular weight is 583 g/mol. The molecule has 41 heavy (non-hydrogen) atoms.